The van der Waals surface area contributed by atoms with Crippen LogP contribution >= 0.6 is 11.3 Å². The molecule has 20 heavy (non-hydrogen) atoms. The average molecular weight is 300 g/mol. The van der Waals surface area contributed by atoms with Crippen LogP contribution in [0.1, 0.15) is 26.4 Å². The lowest BCUT2D eigenvalue weighted by Gasteiger charge is -2.10. The van der Waals surface area contributed by atoms with Gasteiger partial charge in [-0.2, -0.15) is 13.2 Å². The normalized spacial score (nSPS) is 11.4. The molecule has 0 saturated heterocycles. The number of hydrogen-bond acceptors (Lipinski definition) is 3. The topological polar surface area (TPSA) is 26.3 Å². The number of ketones is 1. The van der Waals surface area contributed by atoms with Crippen LogP contribution in [0.25, 0.3) is 0 Å². The van der Waals surface area contributed by atoms with Crippen LogP contribution < -0.4 is 4.74 Å². The molecule has 0 fully saturated rings. The Bertz CT molecular complexity index is 644. The molecular weight excluding hydrogens is 289 g/mol. The summed E-state index contributed by atoms with van der Waals surface area (Å²) in [5.74, 6) is 0.0994. The molecule has 0 bridgehead atoms. The first kappa shape index (κ1) is 14.6. The Morgan fingerprint density at radius 3 is 2.50 bits per heavy atom. The van der Waals surface area contributed by atoms with Gasteiger partial charge in [0.1, 0.15) is 10.6 Å². The Morgan fingerprint density at radius 2 is 1.95 bits per heavy atom. The Kier molecular flexibility index (Phi) is 3.85. The molecule has 1 heterocycles. The molecule has 2 rings (SSSR count). The summed E-state index contributed by atoms with van der Waals surface area (Å²) in [4.78, 5) is 12.7. The summed E-state index contributed by atoms with van der Waals surface area (Å²) in [5, 5.41) is 1.70. The Hall–Kier alpha value is -1.82. The van der Waals surface area contributed by atoms with Crippen LogP contribution in [0.3, 0.4) is 0 Å². The predicted octanol–water partition coefficient (Wildman–Crippen LogP) is 4.31. The van der Waals surface area contributed by atoms with Gasteiger partial charge in [0.15, 0.2) is 0 Å². The van der Waals surface area contributed by atoms with Gasteiger partial charge >= 0.3 is 6.18 Å². The number of hydrogen-bond donors (Lipinski definition) is 0. The zero-order chi connectivity index (χ0) is 14.9. The maximum Gasteiger partial charge on any atom is 0.416 e. The van der Waals surface area contributed by atoms with Crippen LogP contribution in [0.15, 0.2) is 29.6 Å². The lowest BCUT2D eigenvalue weighted by molar-refractivity contribution is -0.137. The lowest BCUT2D eigenvalue weighted by Crippen LogP contribution is -2.08. The summed E-state index contributed by atoms with van der Waals surface area (Å²) in [6, 6.07) is 4.75. The van der Waals surface area contributed by atoms with Crippen molar-refractivity contribution in [2.45, 2.75) is 13.1 Å². The van der Waals surface area contributed by atoms with Crippen molar-refractivity contribution in [3.05, 3.63) is 51.2 Å². The van der Waals surface area contributed by atoms with Gasteiger partial charge in [-0.15, -0.1) is 11.3 Å². The second-order valence-electron chi connectivity index (χ2n) is 4.17. The van der Waals surface area contributed by atoms with Gasteiger partial charge < -0.3 is 4.74 Å². The smallest absolute Gasteiger partial charge is 0.416 e. The number of carbonyl (C=O) groups is 1. The molecule has 0 aliphatic rings. The molecule has 0 radical (unpaired) electrons. The maximum atomic E-state index is 12.6. The summed E-state index contributed by atoms with van der Waals surface area (Å²) < 4.78 is 42.8. The molecule has 0 spiro atoms. The highest BCUT2D eigenvalue weighted by molar-refractivity contribution is 7.12. The molecule has 0 saturated carbocycles. The number of thiophene rings is 1. The van der Waals surface area contributed by atoms with Gasteiger partial charge in [-0.3, -0.25) is 4.79 Å². The number of carbonyl (C=O) groups excluding carboxylic acids is 1. The molecule has 6 heteroatoms. The highest BCUT2D eigenvalue weighted by Crippen LogP contribution is 2.32. The van der Waals surface area contributed by atoms with Gasteiger partial charge in [-0.05, 0) is 36.1 Å². The molecule has 2 nitrogen and oxygen atoms in total. The summed E-state index contributed by atoms with van der Waals surface area (Å²) in [7, 11) is 1.44. The molecule has 0 atom stereocenters. The minimum Gasteiger partial charge on any atom is -0.495 e. The van der Waals surface area contributed by atoms with Crippen LogP contribution in [-0.4, -0.2) is 12.9 Å². The van der Waals surface area contributed by atoms with Crippen LogP contribution in [-0.2, 0) is 6.18 Å². The predicted molar refractivity (Wildman–Crippen MR) is 70.5 cm³/mol. The molecule has 0 aliphatic carbocycles. The first-order chi connectivity index (χ1) is 9.34. The second kappa shape index (κ2) is 5.28. The maximum absolute atomic E-state index is 12.6. The van der Waals surface area contributed by atoms with E-state index in [-0.39, 0.29) is 11.3 Å². The molecule has 2 aromatic rings. The van der Waals surface area contributed by atoms with E-state index in [1.54, 1.807) is 11.4 Å². The van der Waals surface area contributed by atoms with Crippen molar-refractivity contribution in [1.82, 2.24) is 0 Å². The lowest BCUT2D eigenvalue weighted by atomic mass is 10.0. The van der Waals surface area contributed by atoms with Crippen LogP contribution in [0.4, 0.5) is 13.2 Å². The number of rotatable bonds is 3. The highest BCUT2D eigenvalue weighted by Gasteiger charge is 2.31. The van der Waals surface area contributed by atoms with Crippen molar-refractivity contribution in [3.63, 3.8) is 0 Å². The fraction of sp³-hybridized carbons (Fsp3) is 0.214. The third-order valence-corrected chi connectivity index (χ3v) is 3.75. The van der Waals surface area contributed by atoms with E-state index in [1.165, 1.54) is 31.4 Å². The van der Waals surface area contributed by atoms with Crippen molar-refractivity contribution < 1.29 is 22.7 Å². The fourth-order valence-corrected chi connectivity index (χ4v) is 2.65. The van der Waals surface area contributed by atoms with E-state index in [0.29, 0.717) is 16.2 Å². The van der Waals surface area contributed by atoms with Gasteiger partial charge in [0.05, 0.1) is 12.7 Å². The standard InChI is InChI=1S/C14H11F3O2S/c1-8-7-9(14(15,16)17)3-4-10(8)12(18)13-11(19-2)5-6-20-13/h3-7H,1-2H3. The van der Waals surface area contributed by atoms with Crippen LogP contribution in [0, 0.1) is 6.92 Å². The van der Waals surface area contributed by atoms with Crippen LogP contribution in [0.2, 0.25) is 0 Å². The van der Waals surface area contributed by atoms with Gasteiger partial charge in [-0.25, -0.2) is 0 Å². The fourth-order valence-electron chi connectivity index (χ4n) is 1.84. The molecule has 0 N–H and O–H groups in total. The van der Waals surface area contributed by atoms with Crippen molar-refractivity contribution >= 4 is 17.1 Å². The number of ether oxygens (including phenoxy) is 1. The molecular formula is C14H11F3O2S. The second-order valence-corrected chi connectivity index (χ2v) is 5.09. The molecule has 1 aromatic carbocycles. The van der Waals surface area contributed by atoms with E-state index in [2.05, 4.69) is 0 Å². The highest BCUT2D eigenvalue weighted by atomic mass is 32.1. The van der Waals surface area contributed by atoms with Crippen molar-refractivity contribution in [1.29, 1.82) is 0 Å². The monoisotopic (exact) mass is 300 g/mol. The minimum atomic E-state index is -4.41. The summed E-state index contributed by atoms with van der Waals surface area (Å²) >= 11 is 1.20. The van der Waals surface area contributed by atoms with Gasteiger partial charge in [0.2, 0.25) is 5.78 Å². The van der Waals surface area contributed by atoms with Gasteiger partial charge in [-0.1, -0.05) is 6.07 Å². The molecule has 1 aromatic heterocycles. The quantitative estimate of drug-likeness (QED) is 0.789. The van der Waals surface area contributed by atoms with Crippen molar-refractivity contribution in [2.24, 2.45) is 0 Å². The number of halogens is 3. The summed E-state index contributed by atoms with van der Waals surface area (Å²) in [6.45, 7) is 1.49. The minimum absolute atomic E-state index is 0.249. The SMILES string of the molecule is COc1ccsc1C(=O)c1ccc(C(F)(F)F)cc1C. The van der Waals surface area contributed by atoms with E-state index in [1.807, 2.05) is 0 Å². The van der Waals surface area contributed by atoms with Gasteiger partial charge in [0.25, 0.3) is 0 Å². The van der Waals surface area contributed by atoms with E-state index in [9.17, 15) is 18.0 Å². The third kappa shape index (κ3) is 2.70. The number of methoxy groups -OCH3 is 1. The molecule has 106 valence electrons. The third-order valence-electron chi connectivity index (χ3n) is 2.85. The molecule has 0 amide bonds. The number of benzene rings is 1. The first-order valence-corrected chi connectivity index (χ1v) is 6.56. The van der Waals surface area contributed by atoms with Gasteiger partial charge in [0, 0.05) is 5.56 Å². The Labute approximate surface area is 117 Å². The first-order valence-electron chi connectivity index (χ1n) is 5.68. The van der Waals surface area contributed by atoms with Crippen molar-refractivity contribution in [3.8, 4) is 5.75 Å². The zero-order valence-electron chi connectivity index (χ0n) is 10.7. The Morgan fingerprint density at radius 1 is 1.25 bits per heavy atom. The zero-order valence-corrected chi connectivity index (χ0v) is 11.6. The van der Waals surface area contributed by atoms with E-state index in [0.717, 1.165) is 12.1 Å². The molecule has 0 unspecified atom stereocenters. The van der Waals surface area contributed by atoms with Crippen molar-refractivity contribution in [2.75, 3.05) is 7.11 Å². The average Bonchev–Trinajstić information content (AvgIpc) is 2.85. The largest absolute Gasteiger partial charge is 0.495 e. The summed E-state index contributed by atoms with van der Waals surface area (Å²) in [6.07, 6.45) is -4.41. The summed E-state index contributed by atoms with van der Waals surface area (Å²) in [5.41, 5.74) is -0.219. The molecule has 0 aliphatic heterocycles. The number of aryl methyl sites for hydroxylation is 1. The van der Waals surface area contributed by atoms with E-state index < -0.39 is 11.7 Å². The number of alkyl halides is 3. The van der Waals surface area contributed by atoms with E-state index in [4.69, 9.17) is 4.74 Å². The van der Waals surface area contributed by atoms with Crippen LogP contribution in [0.5, 0.6) is 5.75 Å². The Balaban J connectivity index is 2.42. The van der Waals surface area contributed by atoms with E-state index >= 15 is 0 Å².